The number of nitrogens with one attached hydrogen (secondary N) is 2. The van der Waals surface area contributed by atoms with E-state index in [4.69, 9.17) is 17.0 Å². The number of nitrogens with zero attached hydrogens (tertiary/aromatic N) is 2. The molecule has 5 nitrogen and oxygen atoms in total. The Morgan fingerprint density at radius 3 is 2.67 bits per heavy atom. The van der Waals surface area contributed by atoms with Crippen LogP contribution in [-0.4, -0.2) is 28.3 Å². The van der Waals surface area contributed by atoms with E-state index in [0.29, 0.717) is 27.7 Å². The van der Waals surface area contributed by atoms with Crippen LogP contribution >= 0.6 is 11.6 Å². The molecule has 0 atom stereocenters. The van der Waals surface area contributed by atoms with Gasteiger partial charge in [-0.2, -0.15) is 0 Å². The lowest BCUT2D eigenvalue weighted by molar-refractivity contribution is 0.276. The third kappa shape index (κ3) is 3.45. The van der Waals surface area contributed by atoms with Gasteiger partial charge in [-0.3, -0.25) is 4.98 Å². The minimum atomic E-state index is -0.238. The van der Waals surface area contributed by atoms with Gasteiger partial charge in [-0.15, -0.1) is 0 Å². The minimum absolute atomic E-state index is 0.238. The Kier molecular flexibility index (Phi) is 5.03. The van der Waals surface area contributed by atoms with Crippen LogP contribution in [0.2, 0.25) is 5.02 Å². The van der Waals surface area contributed by atoms with E-state index in [0.717, 1.165) is 5.56 Å². The molecule has 6 heteroatoms. The van der Waals surface area contributed by atoms with Crippen LogP contribution in [0.25, 0.3) is 16.8 Å². The molecule has 0 radical (unpaired) electrons. The van der Waals surface area contributed by atoms with Crippen LogP contribution < -0.4 is 5.32 Å². The Hall–Kier alpha value is -2.24. The first-order valence-corrected chi connectivity index (χ1v) is 6.68. The fourth-order valence-corrected chi connectivity index (χ4v) is 1.98. The lowest BCUT2D eigenvalue weighted by Crippen LogP contribution is -2.05. The van der Waals surface area contributed by atoms with Crippen LogP contribution in [0.3, 0.4) is 0 Å². The Morgan fingerprint density at radius 2 is 2.10 bits per heavy atom. The predicted octanol–water partition coefficient (Wildman–Crippen LogP) is 2.50. The smallest absolute Gasteiger partial charge is 0.0978 e. The minimum Gasteiger partial charge on any atom is -0.393 e. The molecule has 0 amide bonds. The topological polar surface area (TPSA) is 81.9 Å². The number of allylic oxidation sites excluding steroid dienone is 1. The first-order chi connectivity index (χ1) is 10.2. The number of halogens is 1. The lowest BCUT2D eigenvalue weighted by atomic mass is 10.1. The first-order valence-electron chi connectivity index (χ1n) is 6.30. The molecule has 0 fully saturated rings. The summed E-state index contributed by atoms with van der Waals surface area (Å²) in [5.74, 6) is 0. The zero-order valence-electron chi connectivity index (χ0n) is 11.5. The maximum atomic E-state index is 9.39. The first kappa shape index (κ1) is 15.2. The second-order valence-corrected chi connectivity index (χ2v) is 4.68. The van der Waals surface area contributed by atoms with E-state index in [1.54, 1.807) is 31.6 Å². The molecule has 2 rings (SSSR count). The number of hydrogen-bond donors (Lipinski definition) is 3. The van der Waals surface area contributed by atoms with Crippen molar-refractivity contribution in [3.63, 3.8) is 0 Å². The highest BCUT2D eigenvalue weighted by atomic mass is 35.5. The standard InChI is InChI=1S/C15H15ClN4O/c1-18-7-11(6-17)15-14(9-21)19-8-13(20-15)10-2-4-12(16)5-3-10/h2-8,17-18,21H,9H2,1H3/b11-7+,17-6?. The molecule has 2 aromatic rings. The van der Waals surface area contributed by atoms with Gasteiger partial charge in [0.05, 0.1) is 29.9 Å². The molecule has 1 aromatic heterocycles. The molecule has 1 aromatic carbocycles. The van der Waals surface area contributed by atoms with Crippen molar-refractivity contribution < 1.29 is 5.11 Å². The van der Waals surface area contributed by atoms with Crippen molar-refractivity contribution in [2.45, 2.75) is 6.61 Å². The van der Waals surface area contributed by atoms with Gasteiger partial charge in [0.25, 0.3) is 0 Å². The summed E-state index contributed by atoms with van der Waals surface area (Å²) in [6, 6.07) is 7.25. The Labute approximate surface area is 127 Å². The third-order valence-corrected chi connectivity index (χ3v) is 3.12. The van der Waals surface area contributed by atoms with Crippen molar-refractivity contribution >= 4 is 23.4 Å². The zero-order chi connectivity index (χ0) is 15.2. The van der Waals surface area contributed by atoms with Crippen LogP contribution in [0.1, 0.15) is 11.4 Å². The maximum Gasteiger partial charge on any atom is 0.0978 e. The van der Waals surface area contributed by atoms with Gasteiger partial charge in [-0.1, -0.05) is 23.7 Å². The summed E-state index contributed by atoms with van der Waals surface area (Å²) in [7, 11) is 1.73. The third-order valence-electron chi connectivity index (χ3n) is 2.87. The lowest BCUT2D eigenvalue weighted by Gasteiger charge is -2.09. The van der Waals surface area contributed by atoms with Crippen molar-refractivity contribution in [1.82, 2.24) is 15.3 Å². The van der Waals surface area contributed by atoms with E-state index < -0.39 is 0 Å². The summed E-state index contributed by atoms with van der Waals surface area (Å²) in [6.07, 6.45) is 4.41. The highest BCUT2D eigenvalue weighted by Gasteiger charge is 2.11. The van der Waals surface area contributed by atoms with E-state index in [9.17, 15) is 5.11 Å². The van der Waals surface area contributed by atoms with Crippen LogP contribution in [-0.2, 0) is 6.61 Å². The van der Waals surface area contributed by atoms with Crippen molar-refractivity contribution in [3.8, 4) is 11.3 Å². The van der Waals surface area contributed by atoms with Crippen molar-refractivity contribution in [2.24, 2.45) is 0 Å². The molecule has 0 unspecified atom stereocenters. The van der Waals surface area contributed by atoms with E-state index in [1.807, 2.05) is 12.1 Å². The predicted molar refractivity (Wildman–Crippen MR) is 84.2 cm³/mol. The molecule has 0 spiro atoms. The van der Waals surface area contributed by atoms with Crippen LogP contribution in [0.5, 0.6) is 0 Å². The summed E-state index contributed by atoms with van der Waals surface area (Å²) < 4.78 is 0. The summed E-state index contributed by atoms with van der Waals surface area (Å²) in [6.45, 7) is -0.238. The number of benzene rings is 1. The van der Waals surface area contributed by atoms with Gasteiger partial charge in [-0.05, 0) is 12.1 Å². The number of hydrogen-bond acceptors (Lipinski definition) is 5. The van der Waals surface area contributed by atoms with E-state index in [-0.39, 0.29) is 6.61 Å². The number of aromatic nitrogens is 2. The second kappa shape index (κ2) is 6.97. The van der Waals surface area contributed by atoms with E-state index in [2.05, 4.69) is 15.3 Å². The molecule has 0 aliphatic heterocycles. The quantitative estimate of drug-likeness (QED) is 0.741. The highest BCUT2D eigenvalue weighted by Crippen LogP contribution is 2.22. The number of aliphatic hydroxyl groups is 1. The van der Waals surface area contributed by atoms with Crippen LogP contribution in [0.4, 0.5) is 0 Å². The molecule has 0 aliphatic carbocycles. The largest absolute Gasteiger partial charge is 0.393 e. The second-order valence-electron chi connectivity index (χ2n) is 4.25. The van der Waals surface area contributed by atoms with Crippen LogP contribution in [0, 0.1) is 5.41 Å². The van der Waals surface area contributed by atoms with Gasteiger partial charge < -0.3 is 15.8 Å². The average Bonchev–Trinajstić information content (AvgIpc) is 2.53. The number of rotatable bonds is 5. The molecule has 0 bridgehead atoms. The van der Waals surface area contributed by atoms with Gasteiger partial charge in [-0.25, -0.2) is 4.98 Å². The monoisotopic (exact) mass is 302 g/mol. The SMILES string of the molecule is CN/C=C(\C=N)c1nc(-c2ccc(Cl)cc2)cnc1CO. The van der Waals surface area contributed by atoms with Crippen molar-refractivity contribution in [1.29, 1.82) is 5.41 Å². The van der Waals surface area contributed by atoms with Gasteiger partial charge >= 0.3 is 0 Å². The molecular weight excluding hydrogens is 288 g/mol. The van der Waals surface area contributed by atoms with Gasteiger partial charge in [0, 0.05) is 35.6 Å². The Balaban J connectivity index is 2.53. The van der Waals surface area contributed by atoms with Crippen molar-refractivity contribution in [3.05, 3.63) is 53.1 Å². The van der Waals surface area contributed by atoms with Gasteiger partial charge in [0.15, 0.2) is 0 Å². The fourth-order valence-electron chi connectivity index (χ4n) is 1.85. The fraction of sp³-hybridized carbons (Fsp3) is 0.133. The summed E-state index contributed by atoms with van der Waals surface area (Å²) >= 11 is 5.88. The highest BCUT2D eigenvalue weighted by molar-refractivity contribution is 6.30. The molecule has 108 valence electrons. The summed E-state index contributed by atoms with van der Waals surface area (Å²) in [4.78, 5) is 8.74. The molecule has 21 heavy (non-hydrogen) atoms. The maximum absolute atomic E-state index is 9.39. The summed E-state index contributed by atoms with van der Waals surface area (Å²) in [5, 5.41) is 20.4. The molecular formula is C15H15ClN4O. The molecule has 3 N–H and O–H groups in total. The zero-order valence-corrected chi connectivity index (χ0v) is 12.2. The molecule has 1 heterocycles. The van der Waals surface area contributed by atoms with Gasteiger partial charge in [0.1, 0.15) is 0 Å². The Morgan fingerprint density at radius 1 is 1.38 bits per heavy atom. The van der Waals surface area contributed by atoms with Crippen LogP contribution in [0.15, 0.2) is 36.7 Å². The van der Waals surface area contributed by atoms with E-state index in [1.165, 1.54) is 6.21 Å². The Bertz CT molecular complexity index is 668. The van der Waals surface area contributed by atoms with Crippen molar-refractivity contribution in [2.75, 3.05) is 7.05 Å². The normalized spacial score (nSPS) is 11.3. The summed E-state index contributed by atoms with van der Waals surface area (Å²) in [5.41, 5.74) is 2.98. The average molecular weight is 303 g/mol. The van der Waals surface area contributed by atoms with E-state index >= 15 is 0 Å². The molecule has 0 saturated heterocycles. The molecule has 0 saturated carbocycles. The number of aliphatic hydroxyl groups excluding tert-OH is 1. The van der Waals surface area contributed by atoms with Gasteiger partial charge in [0.2, 0.25) is 0 Å². The molecule has 0 aliphatic rings.